The van der Waals surface area contributed by atoms with Gasteiger partial charge in [-0.2, -0.15) is 0 Å². The predicted molar refractivity (Wildman–Crippen MR) is 60.5 cm³/mol. The second-order valence-corrected chi connectivity index (χ2v) is 4.58. The normalized spacial score (nSPS) is 19.1. The molecule has 3 heteroatoms. The van der Waals surface area contributed by atoms with Crippen molar-refractivity contribution in [1.29, 1.82) is 0 Å². The van der Waals surface area contributed by atoms with Crippen LogP contribution in [0.25, 0.3) is 0 Å². The van der Waals surface area contributed by atoms with Gasteiger partial charge in [0.15, 0.2) is 0 Å². The van der Waals surface area contributed by atoms with Gasteiger partial charge in [-0.25, -0.2) is 0 Å². The Morgan fingerprint density at radius 2 is 2.07 bits per heavy atom. The third kappa shape index (κ3) is 4.65. The Balaban J connectivity index is 2.13. The Morgan fingerprint density at radius 1 is 1.40 bits per heavy atom. The Hall–Kier alpha value is -0.570. The average molecular weight is 213 g/mol. The van der Waals surface area contributed by atoms with E-state index in [1.165, 1.54) is 25.7 Å². The van der Waals surface area contributed by atoms with Gasteiger partial charge in [0.2, 0.25) is 5.91 Å². The van der Waals surface area contributed by atoms with Crippen LogP contribution in [0.3, 0.4) is 0 Å². The van der Waals surface area contributed by atoms with Crippen molar-refractivity contribution >= 4 is 5.91 Å². The highest BCUT2D eigenvalue weighted by molar-refractivity contribution is 5.76. The molecule has 1 rings (SSSR count). The minimum absolute atomic E-state index is 0.142. The van der Waals surface area contributed by atoms with Crippen LogP contribution in [0.4, 0.5) is 0 Å². The largest absolute Gasteiger partial charge is 0.396 e. The number of hydrogen-bond donors (Lipinski definition) is 2. The number of hydrogen-bond acceptors (Lipinski definition) is 2. The van der Waals surface area contributed by atoms with E-state index in [9.17, 15) is 4.79 Å². The number of nitrogens with one attached hydrogen (secondary N) is 1. The van der Waals surface area contributed by atoms with Gasteiger partial charge >= 0.3 is 0 Å². The van der Waals surface area contributed by atoms with E-state index in [-0.39, 0.29) is 12.5 Å². The summed E-state index contributed by atoms with van der Waals surface area (Å²) in [6, 6.07) is 0.328. The lowest BCUT2D eigenvalue weighted by atomic mass is 9.99. The lowest BCUT2D eigenvalue weighted by molar-refractivity contribution is -0.122. The number of aliphatic hydroxyl groups is 1. The summed E-state index contributed by atoms with van der Waals surface area (Å²) in [4.78, 5) is 11.5. The lowest BCUT2D eigenvalue weighted by Crippen LogP contribution is -2.37. The second kappa shape index (κ2) is 6.83. The third-order valence-electron chi connectivity index (χ3n) is 3.31. The summed E-state index contributed by atoms with van der Waals surface area (Å²) in [5.74, 6) is 0.828. The van der Waals surface area contributed by atoms with E-state index in [1.54, 1.807) is 0 Å². The standard InChI is InChI=1S/C12H23NO2/c1-10(11-6-2-3-7-11)13-12(15)8-4-5-9-14/h10-11,14H,2-9H2,1H3,(H,13,15)/t10-/m1/s1. The zero-order chi connectivity index (χ0) is 11.1. The maximum absolute atomic E-state index is 11.5. The number of aliphatic hydroxyl groups excluding tert-OH is 1. The first-order valence-electron chi connectivity index (χ1n) is 6.14. The Kier molecular flexibility index (Phi) is 5.69. The first kappa shape index (κ1) is 12.5. The van der Waals surface area contributed by atoms with Crippen molar-refractivity contribution in [3.05, 3.63) is 0 Å². The van der Waals surface area contributed by atoms with Gasteiger partial charge in [0.1, 0.15) is 0 Å². The Morgan fingerprint density at radius 3 is 2.67 bits per heavy atom. The van der Waals surface area contributed by atoms with E-state index in [1.807, 2.05) is 0 Å². The molecular formula is C12H23NO2. The molecule has 1 amide bonds. The zero-order valence-electron chi connectivity index (χ0n) is 9.67. The van der Waals surface area contributed by atoms with Crippen molar-refractivity contribution in [3.63, 3.8) is 0 Å². The van der Waals surface area contributed by atoms with Gasteiger partial charge in [-0.3, -0.25) is 4.79 Å². The smallest absolute Gasteiger partial charge is 0.220 e. The van der Waals surface area contributed by atoms with Crippen molar-refractivity contribution in [1.82, 2.24) is 5.32 Å². The van der Waals surface area contributed by atoms with Gasteiger partial charge in [0, 0.05) is 19.1 Å². The number of carbonyl (C=O) groups excluding carboxylic acids is 1. The second-order valence-electron chi connectivity index (χ2n) is 4.58. The van der Waals surface area contributed by atoms with Crippen molar-refractivity contribution in [2.75, 3.05) is 6.61 Å². The van der Waals surface area contributed by atoms with E-state index >= 15 is 0 Å². The molecule has 0 radical (unpaired) electrons. The van der Waals surface area contributed by atoms with E-state index < -0.39 is 0 Å². The molecule has 1 aliphatic carbocycles. The van der Waals surface area contributed by atoms with Crippen molar-refractivity contribution in [2.24, 2.45) is 5.92 Å². The monoisotopic (exact) mass is 213 g/mol. The molecular weight excluding hydrogens is 190 g/mol. The molecule has 1 atom stereocenters. The van der Waals surface area contributed by atoms with Gasteiger partial charge < -0.3 is 10.4 Å². The van der Waals surface area contributed by atoms with Gasteiger partial charge in [0.25, 0.3) is 0 Å². The van der Waals surface area contributed by atoms with Gasteiger partial charge in [0.05, 0.1) is 0 Å². The average Bonchev–Trinajstić information content (AvgIpc) is 2.70. The van der Waals surface area contributed by atoms with Crippen LogP contribution in [0.1, 0.15) is 51.9 Å². The number of rotatable bonds is 6. The number of amides is 1. The summed E-state index contributed by atoms with van der Waals surface area (Å²) in [5, 5.41) is 11.7. The zero-order valence-corrected chi connectivity index (χ0v) is 9.67. The van der Waals surface area contributed by atoms with Crippen molar-refractivity contribution in [2.45, 2.75) is 57.9 Å². The maximum atomic E-state index is 11.5. The summed E-state index contributed by atoms with van der Waals surface area (Å²) in [7, 11) is 0. The number of carbonyl (C=O) groups is 1. The van der Waals surface area contributed by atoms with Crippen LogP contribution < -0.4 is 5.32 Å². The molecule has 0 unspecified atom stereocenters. The van der Waals surface area contributed by atoms with Crippen molar-refractivity contribution in [3.8, 4) is 0 Å². The minimum atomic E-state index is 0.142. The lowest BCUT2D eigenvalue weighted by Gasteiger charge is -2.20. The molecule has 0 aromatic rings. The highest BCUT2D eigenvalue weighted by Crippen LogP contribution is 2.27. The molecule has 1 fully saturated rings. The van der Waals surface area contributed by atoms with Crippen LogP contribution in [0.5, 0.6) is 0 Å². The van der Waals surface area contributed by atoms with Gasteiger partial charge in [-0.1, -0.05) is 12.8 Å². The quantitative estimate of drug-likeness (QED) is 0.661. The molecule has 0 saturated heterocycles. The summed E-state index contributed by atoms with van der Waals surface area (Å²) < 4.78 is 0. The summed E-state index contributed by atoms with van der Waals surface area (Å²) >= 11 is 0. The van der Waals surface area contributed by atoms with Crippen LogP contribution >= 0.6 is 0 Å². The van der Waals surface area contributed by atoms with Crippen molar-refractivity contribution < 1.29 is 9.90 Å². The first-order valence-corrected chi connectivity index (χ1v) is 6.14. The molecule has 3 nitrogen and oxygen atoms in total. The van der Waals surface area contributed by atoms with E-state index in [4.69, 9.17) is 5.11 Å². The molecule has 1 saturated carbocycles. The van der Waals surface area contributed by atoms with Crippen LogP contribution in [0.2, 0.25) is 0 Å². The topological polar surface area (TPSA) is 49.3 Å². The van der Waals surface area contributed by atoms with Gasteiger partial charge in [-0.05, 0) is 38.5 Å². The molecule has 1 aliphatic rings. The molecule has 0 aromatic heterocycles. The summed E-state index contributed by atoms with van der Waals surface area (Å²) in [5.41, 5.74) is 0. The van der Waals surface area contributed by atoms with Crippen LogP contribution in [-0.2, 0) is 4.79 Å². The molecule has 2 N–H and O–H groups in total. The van der Waals surface area contributed by atoms with Gasteiger partial charge in [-0.15, -0.1) is 0 Å². The highest BCUT2D eigenvalue weighted by atomic mass is 16.2. The maximum Gasteiger partial charge on any atom is 0.220 e. The fourth-order valence-electron chi connectivity index (χ4n) is 2.30. The molecule has 88 valence electrons. The minimum Gasteiger partial charge on any atom is -0.396 e. The van der Waals surface area contributed by atoms with Crippen LogP contribution in [0.15, 0.2) is 0 Å². The highest BCUT2D eigenvalue weighted by Gasteiger charge is 2.22. The Bertz CT molecular complexity index is 188. The molecule has 0 aromatic carbocycles. The van der Waals surface area contributed by atoms with Crippen LogP contribution in [-0.4, -0.2) is 23.7 Å². The first-order chi connectivity index (χ1) is 7.24. The van der Waals surface area contributed by atoms with E-state index in [2.05, 4.69) is 12.2 Å². The third-order valence-corrected chi connectivity index (χ3v) is 3.31. The number of unbranched alkanes of at least 4 members (excludes halogenated alkanes) is 1. The molecule has 15 heavy (non-hydrogen) atoms. The summed E-state index contributed by atoms with van der Waals surface area (Å²) in [6.45, 7) is 2.30. The van der Waals surface area contributed by atoms with E-state index in [0.717, 1.165) is 12.8 Å². The fraction of sp³-hybridized carbons (Fsp3) is 0.917. The SMILES string of the molecule is C[C@@H](NC(=O)CCCCO)C1CCCC1. The predicted octanol–water partition coefficient (Wildman–Crippen LogP) is 1.84. The molecule has 0 bridgehead atoms. The summed E-state index contributed by atoms with van der Waals surface area (Å²) in [6.07, 6.45) is 7.23. The molecule has 0 aliphatic heterocycles. The molecule has 0 heterocycles. The Labute approximate surface area is 92.3 Å². The molecule has 0 spiro atoms. The van der Waals surface area contributed by atoms with Crippen LogP contribution in [0, 0.1) is 5.92 Å². The van der Waals surface area contributed by atoms with E-state index in [0.29, 0.717) is 18.4 Å². The fourth-order valence-corrected chi connectivity index (χ4v) is 2.30.